The highest BCUT2D eigenvalue weighted by atomic mass is 35.5. The molecule has 0 unspecified atom stereocenters. The maximum Gasteiger partial charge on any atom is 0.416 e. The van der Waals surface area contributed by atoms with Crippen molar-refractivity contribution in [1.29, 1.82) is 5.26 Å². The molecule has 1 heterocycles. The Morgan fingerprint density at radius 1 is 1.42 bits per heavy atom. The van der Waals surface area contributed by atoms with Crippen LogP contribution in [-0.4, -0.2) is 22.2 Å². The number of hydrogen-bond acceptors (Lipinski definition) is 3. The predicted octanol–water partition coefficient (Wildman–Crippen LogP) is 4.57. The maximum absolute atomic E-state index is 12.8. The lowest BCUT2D eigenvalue weighted by Crippen LogP contribution is -2.32. The molecule has 1 aromatic carbocycles. The van der Waals surface area contributed by atoms with Gasteiger partial charge in [0.15, 0.2) is 5.82 Å². The Kier molecular flexibility index (Phi) is 5.93. The van der Waals surface area contributed by atoms with E-state index < -0.39 is 11.7 Å². The van der Waals surface area contributed by atoms with Crippen LogP contribution in [0.1, 0.15) is 37.8 Å². The van der Waals surface area contributed by atoms with Crippen LogP contribution in [0.4, 0.5) is 19.0 Å². The Morgan fingerprint density at radius 3 is 2.62 bits per heavy atom. The second-order valence-corrected chi connectivity index (χ2v) is 6.00. The third-order valence-electron chi connectivity index (χ3n) is 3.74. The quantitative estimate of drug-likeness (QED) is 0.758. The summed E-state index contributed by atoms with van der Waals surface area (Å²) in [5.41, 5.74) is -0.610. The summed E-state index contributed by atoms with van der Waals surface area (Å²) in [5, 5.41) is 13.2. The van der Waals surface area contributed by atoms with Gasteiger partial charge in [-0.1, -0.05) is 24.9 Å². The molecule has 0 saturated carbocycles. The average molecular weight is 385 g/mol. The van der Waals surface area contributed by atoms with Gasteiger partial charge >= 0.3 is 6.18 Å². The summed E-state index contributed by atoms with van der Waals surface area (Å²) in [7, 11) is 0. The molecule has 2 aromatic rings. The van der Waals surface area contributed by atoms with Crippen LogP contribution in [0.5, 0.6) is 0 Å². The molecule has 0 aliphatic heterocycles. The third-order valence-corrected chi connectivity index (χ3v) is 4.04. The molecule has 0 bridgehead atoms. The van der Waals surface area contributed by atoms with Crippen molar-refractivity contribution in [1.82, 2.24) is 9.78 Å². The Morgan fingerprint density at radius 2 is 2.12 bits per heavy atom. The van der Waals surface area contributed by atoms with Gasteiger partial charge in [-0.15, -0.1) is 0 Å². The van der Waals surface area contributed by atoms with Crippen molar-refractivity contribution in [2.24, 2.45) is 0 Å². The van der Waals surface area contributed by atoms with E-state index >= 15 is 0 Å². The van der Waals surface area contributed by atoms with Gasteiger partial charge in [-0.2, -0.15) is 23.5 Å². The van der Waals surface area contributed by atoms with Crippen LogP contribution < -0.4 is 4.90 Å². The predicted molar refractivity (Wildman–Crippen MR) is 91.2 cm³/mol. The van der Waals surface area contributed by atoms with Crippen molar-refractivity contribution in [3.05, 3.63) is 40.5 Å². The summed E-state index contributed by atoms with van der Waals surface area (Å²) >= 11 is 6.04. The smallest absolute Gasteiger partial charge is 0.296 e. The van der Waals surface area contributed by atoms with E-state index in [2.05, 4.69) is 5.10 Å². The summed E-state index contributed by atoms with van der Waals surface area (Å²) in [6, 6.07) is 4.79. The fraction of sp³-hybridized carbons (Fsp3) is 0.353. The molecule has 1 aromatic heterocycles. The molecule has 0 aliphatic carbocycles. The number of benzene rings is 1. The molecule has 5 nitrogen and oxygen atoms in total. The van der Waals surface area contributed by atoms with Crippen LogP contribution in [0.2, 0.25) is 5.02 Å². The molecule has 138 valence electrons. The van der Waals surface area contributed by atoms with E-state index in [1.807, 2.05) is 13.0 Å². The first-order valence-corrected chi connectivity index (χ1v) is 8.21. The van der Waals surface area contributed by atoms with E-state index in [0.717, 1.165) is 18.6 Å². The number of hydrogen-bond donors (Lipinski definition) is 0. The molecule has 0 atom stereocenters. The lowest BCUT2D eigenvalue weighted by atomic mass is 10.2. The molecule has 9 heteroatoms. The second-order valence-electron chi connectivity index (χ2n) is 5.59. The molecule has 0 spiro atoms. The maximum atomic E-state index is 12.8. The van der Waals surface area contributed by atoms with Crippen LogP contribution in [0.25, 0.3) is 5.69 Å². The monoisotopic (exact) mass is 384 g/mol. The SMILES string of the molecule is CCCCN(C(C)=O)c1c(C#N)cnn1-c1ccc(C(F)(F)F)cc1Cl. The van der Waals surface area contributed by atoms with E-state index in [0.29, 0.717) is 13.0 Å². The molecule has 0 radical (unpaired) electrons. The number of nitrogens with zero attached hydrogens (tertiary/aromatic N) is 4. The van der Waals surface area contributed by atoms with Crippen LogP contribution in [0.3, 0.4) is 0 Å². The van der Waals surface area contributed by atoms with Crippen LogP contribution in [-0.2, 0) is 11.0 Å². The minimum atomic E-state index is -4.53. The normalized spacial score (nSPS) is 11.3. The fourth-order valence-corrected chi connectivity index (χ4v) is 2.70. The van der Waals surface area contributed by atoms with Gasteiger partial charge in [0.1, 0.15) is 11.6 Å². The van der Waals surface area contributed by atoms with E-state index in [9.17, 15) is 23.2 Å². The number of carbonyl (C=O) groups excluding carboxylic acids is 1. The van der Waals surface area contributed by atoms with Crippen LogP contribution in [0, 0.1) is 11.3 Å². The van der Waals surface area contributed by atoms with Crippen LogP contribution >= 0.6 is 11.6 Å². The first-order valence-electron chi connectivity index (χ1n) is 7.84. The van der Waals surface area contributed by atoms with Crippen LogP contribution in [0.15, 0.2) is 24.4 Å². The van der Waals surface area contributed by atoms with Crippen molar-refractivity contribution in [2.45, 2.75) is 32.9 Å². The Labute approximate surface area is 153 Å². The van der Waals surface area contributed by atoms with Crippen molar-refractivity contribution in [3.63, 3.8) is 0 Å². The molecule has 26 heavy (non-hydrogen) atoms. The van der Waals surface area contributed by atoms with Gasteiger partial charge in [0, 0.05) is 13.5 Å². The van der Waals surface area contributed by atoms with Gasteiger partial charge < -0.3 is 0 Å². The zero-order valence-corrected chi connectivity index (χ0v) is 14.9. The number of alkyl halides is 3. The molecular weight excluding hydrogens is 369 g/mol. The number of rotatable bonds is 5. The lowest BCUT2D eigenvalue weighted by molar-refractivity contribution is -0.137. The number of unbranched alkanes of at least 4 members (excludes halogenated alkanes) is 1. The summed E-state index contributed by atoms with van der Waals surface area (Å²) in [5.74, 6) is -0.116. The van der Waals surface area contributed by atoms with Gasteiger partial charge in [-0.05, 0) is 24.6 Å². The van der Waals surface area contributed by atoms with E-state index in [1.54, 1.807) is 0 Å². The average Bonchev–Trinajstić information content (AvgIpc) is 2.97. The molecule has 0 saturated heterocycles. The standard InChI is InChI=1S/C17H16ClF3N4O/c1-3-4-7-24(11(2)26)16-12(9-22)10-23-25(16)15-6-5-13(8-14(15)18)17(19,20)21/h5-6,8,10H,3-4,7H2,1-2H3. The second kappa shape index (κ2) is 7.79. The Balaban J connectivity index is 2.60. The van der Waals surface area contributed by atoms with Crippen molar-refractivity contribution in [2.75, 3.05) is 11.4 Å². The van der Waals surface area contributed by atoms with E-state index in [1.165, 1.54) is 28.8 Å². The minimum absolute atomic E-state index is 0.132. The molecule has 0 fully saturated rings. The molecule has 2 rings (SSSR count). The van der Waals surface area contributed by atoms with Crippen molar-refractivity contribution >= 4 is 23.3 Å². The number of nitriles is 1. The zero-order chi connectivity index (χ0) is 19.5. The summed E-state index contributed by atoms with van der Waals surface area (Å²) in [6.07, 6.45) is -1.76. The highest BCUT2D eigenvalue weighted by molar-refractivity contribution is 6.32. The highest BCUT2D eigenvalue weighted by Gasteiger charge is 2.31. The van der Waals surface area contributed by atoms with Crippen molar-refractivity contribution in [3.8, 4) is 11.8 Å². The number of carbonyl (C=O) groups is 1. The first kappa shape index (κ1) is 19.8. The zero-order valence-electron chi connectivity index (χ0n) is 14.1. The topological polar surface area (TPSA) is 61.9 Å². The highest BCUT2D eigenvalue weighted by Crippen LogP contribution is 2.35. The fourth-order valence-electron chi connectivity index (χ4n) is 2.44. The van der Waals surface area contributed by atoms with Crippen molar-refractivity contribution < 1.29 is 18.0 Å². The minimum Gasteiger partial charge on any atom is -0.296 e. The van der Waals surface area contributed by atoms with Gasteiger partial charge in [0.05, 0.1) is 22.5 Å². The number of amides is 1. The lowest BCUT2D eigenvalue weighted by Gasteiger charge is -2.23. The summed E-state index contributed by atoms with van der Waals surface area (Å²) in [6.45, 7) is 3.65. The first-order chi connectivity index (χ1) is 12.2. The van der Waals surface area contributed by atoms with Gasteiger partial charge in [-0.3, -0.25) is 9.69 Å². The third kappa shape index (κ3) is 3.99. The van der Waals surface area contributed by atoms with E-state index in [-0.39, 0.29) is 28.0 Å². The molecule has 0 aliphatic rings. The van der Waals surface area contributed by atoms with Gasteiger partial charge in [0.2, 0.25) is 5.91 Å². The summed E-state index contributed by atoms with van der Waals surface area (Å²) < 4.78 is 39.7. The number of halogens is 4. The molecule has 1 amide bonds. The largest absolute Gasteiger partial charge is 0.416 e. The van der Waals surface area contributed by atoms with Gasteiger partial charge in [0.25, 0.3) is 0 Å². The Bertz CT molecular complexity index is 855. The van der Waals surface area contributed by atoms with E-state index in [4.69, 9.17) is 11.6 Å². The molecule has 0 N–H and O–H groups in total. The molecular formula is C17H16ClF3N4O. The number of aromatic nitrogens is 2. The Hall–Kier alpha value is -2.53. The number of anilines is 1. The summed E-state index contributed by atoms with van der Waals surface area (Å²) in [4.78, 5) is 13.4. The van der Waals surface area contributed by atoms with Gasteiger partial charge in [-0.25, -0.2) is 4.68 Å².